The SMILES string of the molecule is O=CCC(CC1CCNC1=O)C(=O)CCC(=O)c1c(Cl)cccc1Cl. The predicted octanol–water partition coefficient (Wildman–Crippen LogP) is 3.26. The first-order valence-corrected chi connectivity index (χ1v) is 8.91. The lowest BCUT2D eigenvalue weighted by molar-refractivity contribution is -0.127. The molecule has 1 amide bonds. The Hall–Kier alpha value is -1.72. The van der Waals surface area contributed by atoms with Crippen LogP contribution >= 0.6 is 23.2 Å². The third-order valence-electron chi connectivity index (χ3n) is 4.41. The van der Waals surface area contributed by atoms with E-state index in [9.17, 15) is 19.2 Å². The largest absolute Gasteiger partial charge is 0.356 e. The highest BCUT2D eigenvalue weighted by Crippen LogP contribution is 2.27. The zero-order valence-electron chi connectivity index (χ0n) is 13.6. The Balaban J connectivity index is 1.97. The molecule has 134 valence electrons. The molecule has 1 heterocycles. The summed E-state index contributed by atoms with van der Waals surface area (Å²) in [4.78, 5) is 47.3. The molecule has 7 heteroatoms. The van der Waals surface area contributed by atoms with E-state index in [-0.39, 0.29) is 58.3 Å². The van der Waals surface area contributed by atoms with Gasteiger partial charge in [-0.15, -0.1) is 0 Å². The number of benzene rings is 1. The van der Waals surface area contributed by atoms with Crippen molar-refractivity contribution in [2.24, 2.45) is 11.8 Å². The Labute approximate surface area is 156 Å². The summed E-state index contributed by atoms with van der Waals surface area (Å²) in [6.07, 6.45) is 1.70. The molecule has 25 heavy (non-hydrogen) atoms. The molecular weight excluding hydrogens is 365 g/mol. The molecule has 1 N–H and O–H groups in total. The molecule has 1 fully saturated rings. The van der Waals surface area contributed by atoms with Gasteiger partial charge in [0.25, 0.3) is 0 Å². The van der Waals surface area contributed by atoms with Gasteiger partial charge in [-0.25, -0.2) is 0 Å². The van der Waals surface area contributed by atoms with Crippen molar-refractivity contribution < 1.29 is 19.2 Å². The van der Waals surface area contributed by atoms with Crippen LogP contribution in [0.2, 0.25) is 10.0 Å². The second kappa shape index (κ2) is 9.11. The molecule has 0 aliphatic carbocycles. The maximum absolute atomic E-state index is 12.4. The van der Waals surface area contributed by atoms with Crippen LogP contribution < -0.4 is 5.32 Å². The van der Waals surface area contributed by atoms with Crippen LogP contribution in [-0.4, -0.2) is 30.3 Å². The number of carbonyl (C=O) groups excluding carboxylic acids is 4. The average molecular weight is 384 g/mol. The number of ketones is 2. The van der Waals surface area contributed by atoms with Gasteiger partial charge in [0.05, 0.1) is 15.6 Å². The van der Waals surface area contributed by atoms with E-state index >= 15 is 0 Å². The van der Waals surface area contributed by atoms with Crippen molar-refractivity contribution in [3.05, 3.63) is 33.8 Å². The van der Waals surface area contributed by atoms with Crippen LogP contribution in [0, 0.1) is 11.8 Å². The second-order valence-corrected chi connectivity index (χ2v) is 6.91. The molecule has 0 spiro atoms. The van der Waals surface area contributed by atoms with Crippen molar-refractivity contribution >= 4 is 47.0 Å². The minimum atomic E-state index is -0.541. The first-order valence-electron chi connectivity index (χ1n) is 8.15. The highest BCUT2D eigenvalue weighted by atomic mass is 35.5. The third kappa shape index (κ3) is 5.13. The summed E-state index contributed by atoms with van der Waals surface area (Å²) in [5.41, 5.74) is 0.209. The van der Waals surface area contributed by atoms with Gasteiger partial charge in [0.1, 0.15) is 12.1 Å². The summed E-state index contributed by atoms with van der Waals surface area (Å²) in [5, 5.41) is 3.21. The van der Waals surface area contributed by atoms with Gasteiger partial charge in [-0.05, 0) is 25.0 Å². The Bertz CT molecular complexity index is 669. The predicted molar refractivity (Wildman–Crippen MR) is 94.9 cm³/mol. The monoisotopic (exact) mass is 383 g/mol. The van der Waals surface area contributed by atoms with Gasteiger partial charge in [0.15, 0.2) is 5.78 Å². The molecule has 1 aromatic rings. The lowest BCUT2D eigenvalue weighted by atomic mass is 9.86. The van der Waals surface area contributed by atoms with Crippen LogP contribution in [0.25, 0.3) is 0 Å². The summed E-state index contributed by atoms with van der Waals surface area (Å²) in [6.45, 7) is 0.592. The number of halogens is 2. The number of hydrogen-bond acceptors (Lipinski definition) is 4. The number of nitrogens with one attached hydrogen (secondary N) is 1. The van der Waals surface area contributed by atoms with Gasteiger partial charge in [0.2, 0.25) is 5.91 Å². The minimum Gasteiger partial charge on any atom is -0.356 e. The molecule has 1 aliphatic heterocycles. The van der Waals surface area contributed by atoms with E-state index in [1.807, 2.05) is 0 Å². The molecule has 1 aromatic carbocycles. The van der Waals surface area contributed by atoms with E-state index in [0.717, 1.165) is 0 Å². The molecule has 0 bridgehead atoms. The summed E-state index contributed by atoms with van der Waals surface area (Å²) in [7, 11) is 0. The van der Waals surface area contributed by atoms with Crippen LogP contribution in [0.3, 0.4) is 0 Å². The highest BCUT2D eigenvalue weighted by molar-refractivity contribution is 6.39. The van der Waals surface area contributed by atoms with Crippen LogP contribution in [0.15, 0.2) is 18.2 Å². The molecule has 0 radical (unpaired) electrons. The fourth-order valence-corrected chi connectivity index (χ4v) is 3.63. The van der Waals surface area contributed by atoms with E-state index in [1.54, 1.807) is 18.2 Å². The fraction of sp³-hybridized carbons (Fsp3) is 0.444. The summed E-state index contributed by atoms with van der Waals surface area (Å²) in [6, 6.07) is 4.77. The second-order valence-electron chi connectivity index (χ2n) is 6.10. The van der Waals surface area contributed by atoms with Gasteiger partial charge in [0, 0.05) is 37.6 Å². The lowest BCUT2D eigenvalue weighted by Crippen LogP contribution is -2.25. The van der Waals surface area contributed by atoms with Gasteiger partial charge in [-0.3, -0.25) is 14.4 Å². The topological polar surface area (TPSA) is 80.3 Å². The number of rotatable bonds is 9. The minimum absolute atomic E-state index is 0.00672. The molecule has 1 aliphatic rings. The third-order valence-corrected chi connectivity index (χ3v) is 5.04. The molecule has 0 saturated carbocycles. The van der Waals surface area contributed by atoms with E-state index < -0.39 is 5.92 Å². The Morgan fingerprint density at radius 2 is 1.92 bits per heavy atom. The highest BCUT2D eigenvalue weighted by Gasteiger charge is 2.30. The summed E-state index contributed by atoms with van der Waals surface area (Å²) >= 11 is 12.0. The van der Waals surface area contributed by atoms with Crippen molar-refractivity contribution in [2.75, 3.05) is 6.54 Å². The molecule has 0 aromatic heterocycles. The number of hydrogen-bond donors (Lipinski definition) is 1. The van der Waals surface area contributed by atoms with E-state index in [1.165, 1.54) is 0 Å². The van der Waals surface area contributed by atoms with E-state index in [0.29, 0.717) is 25.7 Å². The molecule has 2 unspecified atom stereocenters. The van der Waals surface area contributed by atoms with Crippen molar-refractivity contribution in [1.82, 2.24) is 5.32 Å². The van der Waals surface area contributed by atoms with Crippen molar-refractivity contribution in [3.8, 4) is 0 Å². The number of carbonyl (C=O) groups is 4. The zero-order chi connectivity index (χ0) is 18.4. The van der Waals surface area contributed by atoms with Gasteiger partial charge in [-0.2, -0.15) is 0 Å². The quantitative estimate of drug-likeness (QED) is 0.524. The van der Waals surface area contributed by atoms with Crippen LogP contribution in [0.1, 0.15) is 42.5 Å². The lowest BCUT2D eigenvalue weighted by Gasteiger charge is -2.16. The first-order chi connectivity index (χ1) is 11.9. The zero-order valence-corrected chi connectivity index (χ0v) is 15.1. The fourth-order valence-electron chi connectivity index (χ4n) is 3.02. The van der Waals surface area contributed by atoms with Crippen LogP contribution in [0.5, 0.6) is 0 Å². The maximum atomic E-state index is 12.4. The Morgan fingerprint density at radius 1 is 1.24 bits per heavy atom. The summed E-state index contributed by atoms with van der Waals surface area (Å²) < 4.78 is 0. The molecule has 2 rings (SSSR count). The molecule has 2 atom stereocenters. The average Bonchev–Trinajstić information content (AvgIpc) is 2.97. The van der Waals surface area contributed by atoms with Crippen molar-refractivity contribution in [1.29, 1.82) is 0 Å². The standard InChI is InChI=1S/C18H19Cl2NO4/c19-13-2-1-3-14(20)17(13)16(24)5-4-15(23)11(7-9-22)10-12-6-8-21-18(12)25/h1-3,9,11-12H,4-8,10H2,(H,21,25). The van der Waals surface area contributed by atoms with Crippen LogP contribution in [0.4, 0.5) is 0 Å². The summed E-state index contributed by atoms with van der Waals surface area (Å²) in [5.74, 6) is -1.37. The Kier molecular flexibility index (Phi) is 7.14. The smallest absolute Gasteiger partial charge is 0.223 e. The molecule has 5 nitrogen and oxygen atoms in total. The normalized spacial score (nSPS) is 17.8. The maximum Gasteiger partial charge on any atom is 0.223 e. The van der Waals surface area contributed by atoms with E-state index in [4.69, 9.17) is 23.2 Å². The number of Topliss-reactive ketones (excluding diaryl/α,β-unsaturated/α-hetero) is 2. The van der Waals surface area contributed by atoms with Crippen LogP contribution in [-0.2, 0) is 14.4 Å². The molecule has 1 saturated heterocycles. The van der Waals surface area contributed by atoms with Gasteiger partial charge in [-0.1, -0.05) is 29.3 Å². The number of aldehydes is 1. The Morgan fingerprint density at radius 3 is 2.48 bits per heavy atom. The first kappa shape index (κ1) is 19.6. The van der Waals surface area contributed by atoms with E-state index in [2.05, 4.69) is 5.32 Å². The van der Waals surface area contributed by atoms with Gasteiger partial charge < -0.3 is 10.1 Å². The number of amides is 1. The van der Waals surface area contributed by atoms with Crippen molar-refractivity contribution in [2.45, 2.75) is 32.1 Å². The van der Waals surface area contributed by atoms with Crippen molar-refractivity contribution in [3.63, 3.8) is 0 Å². The molecular formula is C18H19Cl2NO4. The van der Waals surface area contributed by atoms with Gasteiger partial charge >= 0.3 is 0 Å².